The number of rotatable bonds is 4. The number of hydrogen-bond donors (Lipinski definition) is 0. The van der Waals surface area contributed by atoms with Crippen molar-refractivity contribution in [3.05, 3.63) is 88.5 Å². The van der Waals surface area contributed by atoms with E-state index in [1.165, 1.54) is 25.3 Å². The van der Waals surface area contributed by atoms with Crippen LogP contribution in [0.1, 0.15) is 61.0 Å². The molecule has 0 aliphatic carbocycles. The van der Waals surface area contributed by atoms with Crippen molar-refractivity contribution >= 4 is 0 Å². The zero-order chi connectivity index (χ0) is 32.1. The van der Waals surface area contributed by atoms with Crippen molar-refractivity contribution in [2.24, 2.45) is 0 Å². The number of fused-ring (bicyclic) bond motifs is 1. The lowest BCUT2D eigenvalue weighted by molar-refractivity contribution is -0.138. The molecule has 0 spiro atoms. The van der Waals surface area contributed by atoms with E-state index in [0.29, 0.717) is 35.2 Å². The van der Waals surface area contributed by atoms with E-state index in [0.717, 1.165) is 43.7 Å². The summed E-state index contributed by atoms with van der Waals surface area (Å²) >= 11 is 0. The van der Waals surface area contributed by atoms with Crippen LogP contribution in [0.2, 0.25) is 0 Å². The molecule has 0 N–H and O–H groups in total. The quantitative estimate of drug-likeness (QED) is 0.216. The summed E-state index contributed by atoms with van der Waals surface area (Å²) in [6.45, 7) is 5.00. The van der Waals surface area contributed by atoms with Gasteiger partial charge in [0, 0.05) is 24.2 Å². The van der Waals surface area contributed by atoms with Crippen molar-refractivity contribution < 1.29 is 44.6 Å². The second-order valence-electron chi connectivity index (χ2n) is 10.3. The Labute approximate surface area is 245 Å². The molecule has 0 bridgehead atoms. The van der Waals surface area contributed by atoms with Crippen LogP contribution in [-0.2, 0) is 17.1 Å². The fourth-order valence-electron chi connectivity index (χ4n) is 5.15. The van der Waals surface area contributed by atoms with Crippen LogP contribution in [0.15, 0.2) is 54.6 Å². The third kappa shape index (κ3) is 8.06. The van der Waals surface area contributed by atoms with Crippen LogP contribution in [0.4, 0.5) is 35.1 Å². The van der Waals surface area contributed by atoms with Gasteiger partial charge >= 0.3 is 12.4 Å². The number of halogens is 8. The van der Waals surface area contributed by atoms with Crippen LogP contribution in [0.5, 0.6) is 5.75 Å². The number of alkyl halides is 6. The number of methoxy groups -OCH3 is 1. The average molecular weight is 614 g/mol. The van der Waals surface area contributed by atoms with Gasteiger partial charge < -0.3 is 9.47 Å². The molecular weight excluding hydrogens is 582 g/mol. The molecule has 0 amide bonds. The van der Waals surface area contributed by atoms with Gasteiger partial charge in [0.15, 0.2) is 0 Å². The summed E-state index contributed by atoms with van der Waals surface area (Å²) < 4.78 is 114. The molecule has 1 unspecified atom stereocenters. The molecule has 2 heterocycles. The van der Waals surface area contributed by atoms with Gasteiger partial charge in [-0.1, -0.05) is 26.0 Å². The average Bonchev–Trinajstić information content (AvgIpc) is 3.57. The SMILES string of the molecule is C#C.COc1cc(F)c(C(C)C)cc1-c1ccc(C(F)(F)F)cc1.Fc1cc([C@H]2OCN3CCCC23)cc(C(F)(F)F)c1. The number of benzene rings is 3. The lowest BCUT2D eigenvalue weighted by atomic mass is 9.95. The zero-order valence-electron chi connectivity index (χ0n) is 23.7. The number of nitrogens with zero attached hydrogens (tertiary/aromatic N) is 1. The highest BCUT2D eigenvalue weighted by atomic mass is 19.4. The first kappa shape index (κ1) is 33.9. The number of terminal acetylenes is 1. The lowest BCUT2D eigenvalue weighted by Crippen LogP contribution is -2.25. The zero-order valence-corrected chi connectivity index (χ0v) is 23.7. The Morgan fingerprint density at radius 3 is 2.07 bits per heavy atom. The minimum atomic E-state index is -4.54. The molecule has 232 valence electrons. The van der Waals surface area contributed by atoms with Gasteiger partial charge in [0.05, 0.1) is 24.3 Å². The summed E-state index contributed by atoms with van der Waals surface area (Å²) in [6, 6.07) is 10.4. The molecule has 11 heteroatoms. The summed E-state index contributed by atoms with van der Waals surface area (Å²) in [5, 5.41) is 0. The first-order valence-corrected chi connectivity index (χ1v) is 13.3. The Bertz CT molecular complexity index is 1400. The molecule has 2 fully saturated rings. The van der Waals surface area contributed by atoms with Crippen molar-refractivity contribution in [2.45, 2.75) is 57.1 Å². The van der Waals surface area contributed by atoms with Crippen molar-refractivity contribution in [3.63, 3.8) is 0 Å². The molecule has 3 aromatic carbocycles. The van der Waals surface area contributed by atoms with Crippen LogP contribution in [0.25, 0.3) is 11.1 Å². The molecular formula is C32H31F8NO2. The van der Waals surface area contributed by atoms with E-state index in [1.807, 2.05) is 13.8 Å². The molecule has 5 rings (SSSR count). The fourth-order valence-corrected chi connectivity index (χ4v) is 5.15. The number of hydrogen-bond acceptors (Lipinski definition) is 3. The third-order valence-corrected chi connectivity index (χ3v) is 7.22. The Kier molecular flexibility index (Phi) is 10.9. The summed E-state index contributed by atoms with van der Waals surface area (Å²) in [4.78, 5) is 2.09. The van der Waals surface area contributed by atoms with E-state index in [2.05, 4.69) is 17.7 Å². The maximum Gasteiger partial charge on any atom is 0.416 e. The van der Waals surface area contributed by atoms with E-state index in [4.69, 9.17) is 9.47 Å². The van der Waals surface area contributed by atoms with Crippen LogP contribution in [-0.4, -0.2) is 31.3 Å². The van der Waals surface area contributed by atoms with E-state index < -0.39 is 35.4 Å². The smallest absolute Gasteiger partial charge is 0.416 e. The maximum absolute atomic E-state index is 14.0. The minimum absolute atomic E-state index is 0.0425. The van der Waals surface area contributed by atoms with Crippen LogP contribution in [0.3, 0.4) is 0 Å². The van der Waals surface area contributed by atoms with E-state index >= 15 is 0 Å². The second-order valence-corrected chi connectivity index (χ2v) is 10.3. The highest BCUT2D eigenvalue weighted by Crippen LogP contribution is 2.40. The molecule has 43 heavy (non-hydrogen) atoms. The fraction of sp³-hybridized carbons (Fsp3) is 0.375. The summed E-state index contributed by atoms with van der Waals surface area (Å²) in [6.07, 6.45) is 0.507. The van der Waals surface area contributed by atoms with Gasteiger partial charge in [0.1, 0.15) is 24.1 Å². The highest BCUT2D eigenvalue weighted by molar-refractivity contribution is 5.72. The molecule has 2 saturated heterocycles. The third-order valence-electron chi connectivity index (χ3n) is 7.22. The Morgan fingerprint density at radius 2 is 1.51 bits per heavy atom. The van der Waals surface area contributed by atoms with Gasteiger partial charge in [-0.2, -0.15) is 26.3 Å². The van der Waals surface area contributed by atoms with Crippen molar-refractivity contribution in [3.8, 4) is 29.7 Å². The van der Waals surface area contributed by atoms with Crippen molar-refractivity contribution in [1.29, 1.82) is 0 Å². The monoisotopic (exact) mass is 613 g/mol. The normalized spacial score (nSPS) is 18.4. The lowest BCUT2D eigenvalue weighted by Gasteiger charge is -2.19. The van der Waals surface area contributed by atoms with E-state index in [1.54, 1.807) is 6.07 Å². The van der Waals surface area contributed by atoms with Crippen LogP contribution in [0, 0.1) is 24.5 Å². The number of ether oxygens (including phenoxy) is 2. The van der Waals surface area contributed by atoms with E-state index in [9.17, 15) is 35.1 Å². The first-order chi connectivity index (χ1) is 20.2. The Balaban J connectivity index is 0.000000224. The first-order valence-electron chi connectivity index (χ1n) is 13.3. The molecule has 2 aliphatic heterocycles. The van der Waals surface area contributed by atoms with Gasteiger partial charge in [-0.15, -0.1) is 12.8 Å². The molecule has 3 nitrogen and oxygen atoms in total. The van der Waals surface area contributed by atoms with Gasteiger partial charge in [0.2, 0.25) is 0 Å². The maximum atomic E-state index is 14.0. The molecule has 2 atom stereocenters. The predicted octanol–water partition coefficient (Wildman–Crippen LogP) is 9.23. The standard InChI is InChI=1S/C17H16F4O.C13H13F4NO.C2H2/c1-10(2)13-8-14(16(22-3)9-15(13)18)11-4-6-12(7-5-11)17(19,20)21;14-10-5-8(4-9(6-10)13(15,16)17)12-11-2-1-3-18(11)7-19-12;1-2/h4-10H,1-3H3;4-6,11-12H,1-3,7H2;1-2H/t;11?,12-;/m.1./s1. The Hall–Kier alpha value is -3.62. The summed E-state index contributed by atoms with van der Waals surface area (Å²) in [5.41, 5.74) is 0.217. The minimum Gasteiger partial charge on any atom is -0.496 e. The predicted molar refractivity (Wildman–Crippen MR) is 147 cm³/mol. The van der Waals surface area contributed by atoms with Gasteiger partial charge in [0.25, 0.3) is 0 Å². The molecule has 0 saturated carbocycles. The second kappa shape index (κ2) is 13.8. The van der Waals surface area contributed by atoms with Crippen LogP contribution < -0.4 is 4.74 Å². The van der Waals surface area contributed by atoms with Gasteiger partial charge in [-0.3, -0.25) is 4.90 Å². The van der Waals surface area contributed by atoms with Crippen molar-refractivity contribution in [1.82, 2.24) is 4.90 Å². The molecule has 0 aromatic heterocycles. The highest BCUT2D eigenvalue weighted by Gasteiger charge is 2.40. The largest absolute Gasteiger partial charge is 0.496 e. The molecule has 3 aromatic rings. The molecule has 0 radical (unpaired) electrons. The Morgan fingerprint density at radius 1 is 0.884 bits per heavy atom. The van der Waals surface area contributed by atoms with E-state index in [-0.39, 0.29) is 23.3 Å². The topological polar surface area (TPSA) is 21.7 Å². The van der Waals surface area contributed by atoms with Gasteiger partial charge in [-0.25, -0.2) is 8.78 Å². The van der Waals surface area contributed by atoms with Crippen LogP contribution >= 0.6 is 0 Å². The molecule has 2 aliphatic rings. The summed E-state index contributed by atoms with van der Waals surface area (Å²) in [5.74, 6) is -1.01. The van der Waals surface area contributed by atoms with Crippen molar-refractivity contribution in [2.75, 3.05) is 20.4 Å². The summed E-state index contributed by atoms with van der Waals surface area (Å²) in [7, 11) is 1.40. The van der Waals surface area contributed by atoms with Gasteiger partial charge in [-0.05, 0) is 71.8 Å².